The van der Waals surface area contributed by atoms with Gasteiger partial charge in [0.05, 0.1) is 12.2 Å². The Morgan fingerprint density at radius 3 is 3.00 bits per heavy atom. The maximum atomic E-state index is 5.41. The van der Waals surface area contributed by atoms with Crippen LogP contribution in [0.4, 0.5) is 11.7 Å². The van der Waals surface area contributed by atoms with Gasteiger partial charge in [-0.15, -0.1) is 5.10 Å². The van der Waals surface area contributed by atoms with Gasteiger partial charge in [0, 0.05) is 8.04 Å². The van der Waals surface area contributed by atoms with Crippen molar-refractivity contribution in [3.8, 4) is 0 Å². The molecule has 0 bridgehead atoms. The van der Waals surface area contributed by atoms with Crippen LogP contribution in [0.15, 0.2) is 27.1 Å². The third-order valence-corrected chi connectivity index (χ3v) is 3.40. The second-order valence-electron chi connectivity index (χ2n) is 3.28. The van der Waals surface area contributed by atoms with Crippen molar-refractivity contribution in [1.82, 2.24) is 15.5 Å². The minimum absolute atomic E-state index is 0.395. The monoisotopic (exact) mass is 408 g/mol. The molecule has 17 heavy (non-hydrogen) atoms. The van der Waals surface area contributed by atoms with Crippen LogP contribution in [-0.2, 0) is 6.54 Å². The summed E-state index contributed by atoms with van der Waals surface area (Å²) < 4.78 is 7.49. The van der Waals surface area contributed by atoms with E-state index in [1.165, 1.54) is 0 Å². The molecule has 0 aliphatic rings. The van der Waals surface area contributed by atoms with Crippen molar-refractivity contribution < 1.29 is 4.42 Å². The summed E-state index contributed by atoms with van der Waals surface area (Å²) in [5, 5.41) is 13.8. The molecule has 0 amide bonds. The second kappa shape index (κ2) is 5.78. The lowest BCUT2D eigenvalue weighted by molar-refractivity contribution is 0.493. The Balaban J connectivity index is 2.16. The molecule has 0 saturated heterocycles. The summed E-state index contributed by atoms with van der Waals surface area (Å²) in [4.78, 5) is 0. The van der Waals surface area contributed by atoms with Gasteiger partial charge in [-0.3, -0.25) is 0 Å². The lowest BCUT2D eigenvalue weighted by atomic mass is 10.3. The molecule has 90 valence electrons. The zero-order valence-corrected chi connectivity index (χ0v) is 12.7. The van der Waals surface area contributed by atoms with E-state index >= 15 is 0 Å². The Hall–Kier alpha value is -0.670. The minimum Gasteiger partial charge on any atom is -0.406 e. The van der Waals surface area contributed by atoms with E-state index in [9.17, 15) is 0 Å². The molecule has 7 heteroatoms. The Morgan fingerprint density at radius 1 is 1.41 bits per heavy atom. The van der Waals surface area contributed by atoms with Gasteiger partial charge in [-0.1, -0.05) is 21.0 Å². The van der Waals surface area contributed by atoms with Crippen LogP contribution >= 0.6 is 38.5 Å². The van der Waals surface area contributed by atoms with Crippen LogP contribution < -0.4 is 10.6 Å². The van der Waals surface area contributed by atoms with Gasteiger partial charge < -0.3 is 15.1 Å². The first-order valence-electron chi connectivity index (χ1n) is 4.88. The third-order valence-electron chi connectivity index (χ3n) is 1.96. The topological polar surface area (TPSA) is 63.0 Å². The summed E-state index contributed by atoms with van der Waals surface area (Å²) >= 11 is 5.66. The highest BCUT2D eigenvalue weighted by Crippen LogP contribution is 2.25. The fraction of sp³-hybridized carbons (Fsp3) is 0.200. The average molecular weight is 409 g/mol. The number of rotatable bonds is 4. The molecule has 0 fully saturated rings. The molecule has 2 rings (SSSR count). The first-order chi connectivity index (χ1) is 8.19. The predicted molar refractivity (Wildman–Crippen MR) is 77.2 cm³/mol. The van der Waals surface area contributed by atoms with Crippen molar-refractivity contribution in [2.75, 3.05) is 12.4 Å². The summed E-state index contributed by atoms with van der Waals surface area (Å²) in [5.41, 5.74) is 0.930. The predicted octanol–water partition coefficient (Wildman–Crippen LogP) is 2.90. The average Bonchev–Trinajstić information content (AvgIpc) is 2.72. The van der Waals surface area contributed by atoms with Crippen LogP contribution in [0.1, 0.15) is 5.89 Å². The molecular formula is C10H10BrIN4O. The van der Waals surface area contributed by atoms with Gasteiger partial charge in [0.15, 0.2) is 0 Å². The number of nitrogens with one attached hydrogen (secondary N) is 2. The molecule has 0 radical (unpaired) electrons. The lowest BCUT2D eigenvalue weighted by Gasteiger charge is -2.04. The van der Waals surface area contributed by atoms with E-state index < -0.39 is 0 Å². The van der Waals surface area contributed by atoms with Gasteiger partial charge in [-0.2, -0.15) is 0 Å². The first kappa shape index (κ1) is 12.8. The molecule has 0 aliphatic heterocycles. The molecule has 1 heterocycles. The first-order valence-corrected chi connectivity index (χ1v) is 6.75. The van der Waals surface area contributed by atoms with E-state index in [2.05, 4.69) is 59.4 Å². The summed E-state index contributed by atoms with van der Waals surface area (Å²) in [7, 11) is 1.83. The van der Waals surface area contributed by atoms with E-state index in [0.29, 0.717) is 18.5 Å². The number of nitrogens with zero attached hydrogens (tertiary/aromatic N) is 2. The molecule has 0 atom stereocenters. The highest BCUT2D eigenvalue weighted by molar-refractivity contribution is 14.1. The highest BCUT2D eigenvalue weighted by Gasteiger charge is 2.07. The molecule has 0 spiro atoms. The quantitative estimate of drug-likeness (QED) is 0.761. The molecular weight excluding hydrogens is 399 g/mol. The largest absolute Gasteiger partial charge is 0.406 e. The van der Waals surface area contributed by atoms with Crippen LogP contribution in [0.2, 0.25) is 0 Å². The number of hydrogen-bond donors (Lipinski definition) is 2. The SMILES string of the molecule is CNCc1nnc(Nc2cc(Br)ccc2I)o1. The van der Waals surface area contributed by atoms with Crippen LogP contribution in [0, 0.1) is 3.57 Å². The van der Waals surface area contributed by atoms with Crippen molar-refractivity contribution in [1.29, 1.82) is 0 Å². The van der Waals surface area contributed by atoms with Crippen LogP contribution in [-0.4, -0.2) is 17.2 Å². The van der Waals surface area contributed by atoms with Crippen LogP contribution in [0.25, 0.3) is 0 Å². The number of benzene rings is 1. The Morgan fingerprint density at radius 2 is 2.24 bits per heavy atom. The number of anilines is 2. The van der Waals surface area contributed by atoms with E-state index in [0.717, 1.165) is 13.7 Å². The fourth-order valence-electron chi connectivity index (χ4n) is 1.24. The van der Waals surface area contributed by atoms with Gasteiger partial charge in [-0.05, 0) is 47.8 Å². The molecule has 5 nitrogen and oxygen atoms in total. The standard InChI is InChI=1S/C10H10BrIN4O/c1-13-5-9-15-16-10(17-9)14-8-4-6(11)2-3-7(8)12/h2-4,13H,5H2,1H3,(H,14,16). The zero-order valence-electron chi connectivity index (χ0n) is 9.00. The molecule has 0 aliphatic carbocycles. The van der Waals surface area contributed by atoms with Gasteiger partial charge in [0.1, 0.15) is 0 Å². The lowest BCUT2D eigenvalue weighted by Crippen LogP contribution is -2.04. The van der Waals surface area contributed by atoms with Crippen LogP contribution in [0.3, 0.4) is 0 Å². The van der Waals surface area contributed by atoms with E-state index in [4.69, 9.17) is 4.42 Å². The molecule has 1 aromatic heterocycles. The van der Waals surface area contributed by atoms with E-state index in [1.54, 1.807) is 0 Å². The maximum Gasteiger partial charge on any atom is 0.320 e. The van der Waals surface area contributed by atoms with Crippen molar-refractivity contribution in [3.63, 3.8) is 0 Å². The minimum atomic E-state index is 0.395. The summed E-state index contributed by atoms with van der Waals surface area (Å²) in [6, 6.07) is 6.33. The van der Waals surface area contributed by atoms with Gasteiger partial charge in [0.25, 0.3) is 0 Å². The zero-order chi connectivity index (χ0) is 12.3. The third kappa shape index (κ3) is 3.39. The van der Waals surface area contributed by atoms with Crippen molar-refractivity contribution >= 4 is 50.2 Å². The molecule has 2 aromatic rings. The number of hydrogen-bond acceptors (Lipinski definition) is 5. The highest BCUT2D eigenvalue weighted by atomic mass is 127. The molecule has 0 saturated carbocycles. The number of halogens is 2. The Kier molecular flexibility index (Phi) is 4.35. The fourth-order valence-corrected chi connectivity index (χ4v) is 2.07. The van der Waals surface area contributed by atoms with E-state index in [-0.39, 0.29) is 0 Å². The van der Waals surface area contributed by atoms with Gasteiger partial charge in [0.2, 0.25) is 5.89 Å². The molecule has 0 unspecified atom stereocenters. The van der Waals surface area contributed by atoms with Crippen molar-refractivity contribution in [2.24, 2.45) is 0 Å². The van der Waals surface area contributed by atoms with Crippen molar-refractivity contribution in [2.45, 2.75) is 6.54 Å². The van der Waals surface area contributed by atoms with Gasteiger partial charge >= 0.3 is 6.01 Å². The number of aromatic nitrogens is 2. The second-order valence-corrected chi connectivity index (χ2v) is 5.36. The normalized spacial score (nSPS) is 10.5. The maximum absolute atomic E-state index is 5.41. The molecule has 2 N–H and O–H groups in total. The summed E-state index contributed by atoms with van der Waals surface area (Å²) in [6.45, 7) is 0.560. The molecule has 1 aromatic carbocycles. The summed E-state index contributed by atoms with van der Waals surface area (Å²) in [6.07, 6.45) is 0. The van der Waals surface area contributed by atoms with E-state index in [1.807, 2.05) is 25.2 Å². The summed E-state index contributed by atoms with van der Waals surface area (Å²) in [5.74, 6) is 0.556. The Bertz CT molecular complexity index is 517. The smallest absolute Gasteiger partial charge is 0.320 e. The van der Waals surface area contributed by atoms with Gasteiger partial charge in [-0.25, -0.2) is 0 Å². The van der Waals surface area contributed by atoms with Crippen LogP contribution in [0.5, 0.6) is 0 Å². The van der Waals surface area contributed by atoms with Crippen molar-refractivity contribution in [3.05, 3.63) is 32.1 Å². The Labute approximate surface area is 121 Å².